The molecular formula is C12H17FN2OS. The number of anilines is 1. The predicted octanol–water partition coefficient (Wildman–Crippen LogP) is 2.30. The molecule has 0 saturated heterocycles. The molecule has 0 saturated carbocycles. The highest BCUT2D eigenvalue weighted by atomic mass is 32.1. The largest absolute Gasteiger partial charge is 0.389 e. The van der Waals surface area contributed by atoms with Gasteiger partial charge in [0.2, 0.25) is 0 Å². The SMILES string of the molecule is COC(C)(C)CNc1ccc(F)cc1C(N)=S. The Morgan fingerprint density at radius 3 is 2.71 bits per heavy atom. The van der Waals surface area contributed by atoms with E-state index < -0.39 is 0 Å². The number of methoxy groups -OCH3 is 1. The number of benzene rings is 1. The number of hydrogen-bond donors (Lipinski definition) is 2. The number of nitrogens with two attached hydrogens (primary N) is 1. The van der Waals surface area contributed by atoms with Crippen LogP contribution in [0, 0.1) is 5.82 Å². The lowest BCUT2D eigenvalue weighted by Crippen LogP contribution is -2.32. The first-order chi connectivity index (χ1) is 7.85. The first-order valence-electron chi connectivity index (χ1n) is 5.24. The highest BCUT2D eigenvalue weighted by Gasteiger charge is 2.17. The van der Waals surface area contributed by atoms with Gasteiger partial charge in [-0.05, 0) is 32.0 Å². The van der Waals surface area contributed by atoms with Crippen LogP contribution in [0.2, 0.25) is 0 Å². The fourth-order valence-corrected chi connectivity index (χ4v) is 1.42. The minimum absolute atomic E-state index is 0.169. The van der Waals surface area contributed by atoms with E-state index in [1.165, 1.54) is 12.1 Å². The fourth-order valence-electron chi connectivity index (χ4n) is 1.25. The summed E-state index contributed by atoms with van der Waals surface area (Å²) in [5.41, 5.74) is 6.45. The van der Waals surface area contributed by atoms with Gasteiger partial charge in [-0.15, -0.1) is 0 Å². The third-order valence-corrected chi connectivity index (χ3v) is 2.72. The standard InChI is InChI=1S/C12H17FN2OS/c1-12(2,16-3)7-15-10-5-4-8(13)6-9(10)11(14)17/h4-6,15H,7H2,1-3H3,(H2,14,17). The molecule has 1 rings (SSSR count). The number of rotatable bonds is 5. The van der Waals surface area contributed by atoms with Gasteiger partial charge in [0.1, 0.15) is 10.8 Å². The Labute approximate surface area is 106 Å². The van der Waals surface area contributed by atoms with E-state index in [0.717, 1.165) is 0 Å². The maximum Gasteiger partial charge on any atom is 0.124 e. The van der Waals surface area contributed by atoms with Crippen LogP contribution in [0.25, 0.3) is 0 Å². The lowest BCUT2D eigenvalue weighted by atomic mass is 10.1. The van der Waals surface area contributed by atoms with Crippen LogP contribution in [0.3, 0.4) is 0 Å². The number of hydrogen-bond acceptors (Lipinski definition) is 3. The molecule has 0 unspecified atom stereocenters. The molecule has 3 nitrogen and oxygen atoms in total. The quantitative estimate of drug-likeness (QED) is 0.794. The highest BCUT2D eigenvalue weighted by Crippen LogP contribution is 2.18. The minimum atomic E-state index is -0.357. The Hall–Kier alpha value is -1.20. The number of nitrogens with one attached hydrogen (secondary N) is 1. The molecule has 3 N–H and O–H groups in total. The summed E-state index contributed by atoms with van der Waals surface area (Å²) in [4.78, 5) is 0.169. The minimum Gasteiger partial charge on any atom is -0.389 e. The third kappa shape index (κ3) is 3.94. The van der Waals surface area contributed by atoms with Crippen LogP contribution >= 0.6 is 12.2 Å². The first-order valence-corrected chi connectivity index (χ1v) is 5.65. The summed E-state index contributed by atoms with van der Waals surface area (Å²) in [5.74, 6) is -0.357. The smallest absolute Gasteiger partial charge is 0.124 e. The maximum absolute atomic E-state index is 13.1. The van der Waals surface area contributed by atoms with Crippen molar-refractivity contribution in [1.82, 2.24) is 0 Å². The Balaban J connectivity index is 2.88. The molecule has 0 aliphatic carbocycles. The van der Waals surface area contributed by atoms with E-state index in [0.29, 0.717) is 17.8 Å². The zero-order valence-corrected chi connectivity index (χ0v) is 11.0. The summed E-state index contributed by atoms with van der Waals surface area (Å²) >= 11 is 4.89. The second kappa shape index (κ2) is 5.42. The van der Waals surface area contributed by atoms with E-state index >= 15 is 0 Å². The molecule has 0 aliphatic heterocycles. The molecular weight excluding hydrogens is 239 g/mol. The zero-order valence-electron chi connectivity index (χ0n) is 10.2. The van der Waals surface area contributed by atoms with Crippen molar-refractivity contribution in [2.75, 3.05) is 19.0 Å². The molecule has 1 aromatic rings. The topological polar surface area (TPSA) is 47.3 Å². The normalized spacial score (nSPS) is 11.3. The molecule has 0 heterocycles. The number of halogens is 1. The highest BCUT2D eigenvalue weighted by molar-refractivity contribution is 7.80. The van der Waals surface area contributed by atoms with Gasteiger partial charge in [0.15, 0.2) is 0 Å². The van der Waals surface area contributed by atoms with Gasteiger partial charge < -0.3 is 15.8 Å². The molecule has 0 spiro atoms. The molecule has 0 bridgehead atoms. The Morgan fingerprint density at radius 1 is 1.53 bits per heavy atom. The molecule has 5 heteroatoms. The molecule has 0 fully saturated rings. The lowest BCUT2D eigenvalue weighted by Gasteiger charge is -2.24. The van der Waals surface area contributed by atoms with E-state index in [4.69, 9.17) is 22.7 Å². The summed E-state index contributed by atoms with van der Waals surface area (Å²) in [5, 5.41) is 3.15. The van der Waals surface area contributed by atoms with Gasteiger partial charge in [0, 0.05) is 24.9 Å². The molecule has 0 aliphatic rings. The van der Waals surface area contributed by atoms with Crippen molar-refractivity contribution < 1.29 is 9.13 Å². The number of thiocarbonyl (C=S) groups is 1. The Kier molecular flexibility index (Phi) is 4.42. The maximum atomic E-state index is 13.1. The molecule has 17 heavy (non-hydrogen) atoms. The average molecular weight is 256 g/mol. The lowest BCUT2D eigenvalue weighted by molar-refractivity contribution is 0.0344. The monoisotopic (exact) mass is 256 g/mol. The van der Waals surface area contributed by atoms with Crippen molar-refractivity contribution in [3.8, 4) is 0 Å². The summed E-state index contributed by atoms with van der Waals surface area (Å²) in [7, 11) is 1.64. The van der Waals surface area contributed by atoms with Gasteiger partial charge in [-0.3, -0.25) is 0 Å². The van der Waals surface area contributed by atoms with Gasteiger partial charge >= 0.3 is 0 Å². The van der Waals surface area contributed by atoms with E-state index in [-0.39, 0.29) is 16.4 Å². The van der Waals surface area contributed by atoms with E-state index in [2.05, 4.69) is 5.32 Å². The third-order valence-electron chi connectivity index (χ3n) is 2.50. The summed E-state index contributed by atoms with van der Waals surface area (Å²) < 4.78 is 18.4. The Morgan fingerprint density at radius 2 is 2.18 bits per heavy atom. The van der Waals surface area contributed by atoms with Crippen LogP contribution in [0.1, 0.15) is 19.4 Å². The van der Waals surface area contributed by atoms with Gasteiger partial charge in [0.25, 0.3) is 0 Å². The van der Waals surface area contributed by atoms with Crippen molar-refractivity contribution in [2.24, 2.45) is 5.73 Å². The molecule has 1 aromatic carbocycles. The van der Waals surface area contributed by atoms with Gasteiger partial charge in [-0.25, -0.2) is 4.39 Å². The van der Waals surface area contributed by atoms with Crippen molar-refractivity contribution in [3.63, 3.8) is 0 Å². The summed E-state index contributed by atoms with van der Waals surface area (Å²) in [6.45, 7) is 4.47. The van der Waals surface area contributed by atoms with Crippen molar-refractivity contribution in [1.29, 1.82) is 0 Å². The molecule has 0 radical (unpaired) electrons. The molecule has 94 valence electrons. The van der Waals surface area contributed by atoms with Crippen LogP contribution in [-0.2, 0) is 4.74 Å². The van der Waals surface area contributed by atoms with Crippen molar-refractivity contribution in [2.45, 2.75) is 19.4 Å². The van der Waals surface area contributed by atoms with Crippen LogP contribution in [0.5, 0.6) is 0 Å². The van der Waals surface area contributed by atoms with Crippen LogP contribution < -0.4 is 11.1 Å². The summed E-state index contributed by atoms with van der Waals surface area (Å²) in [6.07, 6.45) is 0. The van der Waals surface area contributed by atoms with Gasteiger partial charge in [0.05, 0.1) is 5.60 Å². The van der Waals surface area contributed by atoms with E-state index in [1.807, 2.05) is 13.8 Å². The van der Waals surface area contributed by atoms with E-state index in [9.17, 15) is 4.39 Å². The first kappa shape index (κ1) is 13.9. The van der Waals surface area contributed by atoms with E-state index in [1.54, 1.807) is 13.2 Å². The molecule has 0 aromatic heterocycles. The predicted molar refractivity (Wildman–Crippen MR) is 71.9 cm³/mol. The van der Waals surface area contributed by atoms with Crippen LogP contribution in [0.4, 0.5) is 10.1 Å². The average Bonchev–Trinajstić information content (AvgIpc) is 2.27. The Bertz CT molecular complexity index is 421. The van der Waals surface area contributed by atoms with Gasteiger partial charge in [-0.2, -0.15) is 0 Å². The second-order valence-electron chi connectivity index (χ2n) is 4.37. The van der Waals surface area contributed by atoms with Crippen molar-refractivity contribution >= 4 is 22.9 Å². The van der Waals surface area contributed by atoms with Gasteiger partial charge in [-0.1, -0.05) is 12.2 Å². The zero-order chi connectivity index (χ0) is 13.1. The van der Waals surface area contributed by atoms with Crippen LogP contribution in [-0.4, -0.2) is 24.2 Å². The molecule has 0 amide bonds. The second-order valence-corrected chi connectivity index (χ2v) is 4.81. The number of ether oxygens (including phenoxy) is 1. The fraction of sp³-hybridized carbons (Fsp3) is 0.417. The molecule has 0 atom stereocenters. The van der Waals surface area contributed by atoms with Crippen molar-refractivity contribution in [3.05, 3.63) is 29.6 Å². The summed E-state index contributed by atoms with van der Waals surface area (Å²) in [6, 6.07) is 4.31. The van der Waals surface area contributed by atoms with Crippen LogP contribution in [0.15, 0.2) is 18.2 Å².